The smallest absolute Gasteiger partial charge is 0.429 e. The Kier molecular flexibility index (Phi) is 3.72. The van der Waals surface area contributed by atoms with Gasteiger partial charge in [0.2, 0.25) is 0 Å². The molecule has 0 aliphatic rings. The van der Waals surface area contributed by atoms with Crippen molar-refractivity contribution < 1.29 is 9.53 Å². The Labute approximate surface area is 90.4 Å². The monoisotopic (exact) mass is 206 g/mol. The van der Waals surface area contributed by atoms with Gasteiger partial charge in [-0.05, 0) is 26.3 Å². The van der Waals surface area contributed by atoms with E-state index in [1.807, 2.05) is 51.1 Å². The predicted molar refractivity (Wildman–Crippen MR) is 58.5 cm³/mol. The molecule has 0 saturated heterocycles. The summed E-state index contributed by atoms with van der Waals surface area (Å²) >= 11 is 0. The molecule has 0 aliphatic carbocycles. The molecule has 0 fully saturated rings. The minimum Gasteiger partial charge on any atom is -0.442 e. The van der Waals surface area contributed by atoms with Crippen molar-refractivity contribution >= 4 is 6.09 Å². The van der Waals surface area contributed by atoms with Crippen molar-refractivity contribution in [3.63, 3.8) is 0 Å². The third-order valence-corrected chi connectivity index (χ3v) is 1.63. The first-order valence-corrected chi connectivity index (χ1v) is 4.92. The fourth-order valence-corrected chi connectivity index (χ4v) is 1.03. The second-order valence-electron chi connectivity index (χ2n) is 4.28. The molecule has 1 rings (SSSR count). The van der Waals surface area contributed by atoms with E-state index in [1.54, 1.807) is 0 Å². The van der Waals surface area contributed by atoms with Crippen LogP contribution in [0.5, 0.6) is 0 Å². The fourth-order valence-electron chi connectivity index (χ4n) is 1.03. The van der Waals surface area contributed by atoms with Crippen molar-refractivity contribution in [1.29, 1.82) is 0 Å². The van der Waals surface area contributed by atoms with Crippen molar-refractivity contribution in [3.8, 4) is 0 Å². The molecular formula is C12H16NO2. The number of amides is 1. The molecule has 1 aromatic rings. The van der Waals surface area contributed by atoms with Crippen molar-refractivity contribution in [3.05, 3.63) is 35.9 Å². The summed E-state index contributed by atoms with van der Waals surface area (Å²) < 4.78 is 5.05. The molecule has 0 atom stereocenters. The minimum absolute atomic E-state index is 0.371. The van der Waals surface area contributed by atoms with Crippen LogP contribution < -0.4 is 5.32 Å². The highest BCUT2D eigenvalue weighted by Gasteiger charge is 2.16. The highest BCUT2D eigenvalue weighted by molar-refractivity contribution is 5.67. The molecule has 1 radical (unpaired) electrons. The van der Waals surface area contributed by atoms with E-state index >= 15 is 0 Å². The first-order valence-electron chi connectivity index (χ1n) is 4.92. The number of benzene rings is 1. The van der Waals surface area contributed by atoms with Crippen molar-refractivity contribution in [2.75, 3.05) is 0 Å². The second-order valence-corrected chi connectivity index (χ2v) is 4.28. The Balaban J connectivity index is 2.35. The predicted octanol–water partition coefficient (Wildman–Crippen LogP) is 2.73. The van der Waals surface area contributed by atoms with Gasteiger partial charge in [0.05, 0.1) is 6.54 Å². The van der Waals surface area contributed by atoms with Crippen LogP contribution in [-0.2, 0) is 11.3 Å². The third kappa shape index (κ3) is 5.05. The average Bonchev–Trinajstić information content (AvgIpc) is 2.14. The van der Waals surface area contributed by atoms with Crippen LogP contribution in [0.2, 0.25) is 0 Å². The largest absolute Gasteiger partial charge is 0.442 e. The number of carbonyl (C=O) groups is 1. The molecule has 3 nitrogen and oxygen atoms in total. The molecule has 0 aliphatic heterocycles. The Bertz CT molecular complexity index is 314. The molecule has 15 heavy (non-hydrogen) atoms. The summed E-state index contributed by atoms with van der Waals surface area (Å²) in [6.07, 6.45) is -0.508. The lowest BCUT2D eigenvalue weighted by Gasteiger charge is -2.18. The van der Waals surface area contributed by atoms with Crippen LogP contribution in [0, 0.1) is 0 Å². The molecule has 0 aromatic heterocycles. The first-order chi connectivity index (χ1) is 6.97. The summed E-state index contributed by atoms with van der Waals surface area (Å²) in [5.74, 6) is 0. The topological polar surface area (TPSA) is 40.4 Å². The van der Waals surface area contributed by atoms with E-state index in [0.717, 1.165) is 5.56 Å². The molecule has 0 spiro atoms. The Morgan fingerprint density at radius 2 is 1.87 bits per heavy atom. The van der Waals surface area contributed by atoms with Gasteiger partial charge in [-0.15, -0.1) is 0 Å². The lowest BCUT2D eigenvalue weighted by molar-refractivity contribution is 0.0516. The van der Waals surface area contributed by atoms with E-state index in [4.69, 9.17) is 4.74 Å². The van der Waals surface area contributed by atoms with Crippen LogP contribution in [0.1, 0.15) is 26.3 Å². The number of hydrogen-bond acceptors (Lipinski definition) is 2. The number of ether oxygens (including phenoxy) is 1. The number of rotatable bonds is 2. The van der Waals surface area contributed by atoms with Gasteiger partial charge in [0.25, 0.3) is 0 Å². The van der Waals surface area contributed by atoms with Crippen LogP contribution >= 0.6 is 0 Å². The van der Waals surface area contributed by atoms with Crippen LogP contribution in [-0.4, -0.2) is 11.7 Å². The molecule has 0 N–H and O–H groups in total. The summed E-state index contributed by atoms with van der Waals surface area (Å²) in [6, 6.07) is 9.61. The van der Waals surface area contributed by atoms with Gasteiger partial charge in [0.1, 0.15) is 5.60 Å². The van der Waals surface area contributed by atoms with E-state index in [0.29, 0.717) is 6.54 Å². The fraction of sp³-hybridized carbons (Fsp3) is 0.417. The molecular weight excluding hydrogens is 190 g/mol. The molecule has 1 amide bonds. The van der Waals surface area contributed by atoms with Gasteiger partial charge in [-0.2, -0.15) is 0 Å². The molecule has 0 unspecified atom stereocenters. The SMILES string of the molecule is CC(C)(C)OC(=O)[N]Cc1ccccc1. The highest BCUT2D eigenvalue weighted by atomic mass is 16.6. The molecule has 0 saturated carbocycles. The average molecular weight is 206 g/mol. The first kappa shape index (κ1) is 11.6. The number of nitrogens with zero attached hydrogens (tertiary/aromatic N) is 1. The van der Waals surface area contributed by atoms with Gasteiger partial charge in [-0.25, -0.2) is 10.1 Å². The summed E-state index contributed by atoms with van der Waals surface area (Å²) in [5, 5.41) is 3.82. The maximum Gasteiger partial charge on any atom is 0.429 e. The van der Waals surface area contributed by atoms with E-state index in [1.165, 1.54) is 0 Å². The maximum atomic E-state index is 11.2. The van der Waals surface area contributed by atoms with Gasteiger partial charge in [0.15, 0.2) is 0 Å². The van der Waals surface area contributed by atoms with E-state index in [-0.39, 0.29) is 0 Å². The minimum atomic E-state index is -0.508. The lowest BCUT2D eigenvalue weighted by atomic mass is 10.2. The zero-order valence-corrected chi connectivity index (χ0v) is 9.36. The summed E-state index contributed by atoms with van der Waals surface area (Å²) in [5.41, 5.74) is 0.528. The lowest BCUT2D eigenvalue weighted by Crippen LogP contribution is -2.28. The molecule has 3 heteroatoms. The van der Waals surface area contributed by atoms with Gasteiger partial charge < -0.3 is 4.74 Å². The van der Waals surface area contributed by atoms with Crippen LogP contribution in [0.4, 0.5) is 4.79 Å². The zero-order chi connectivity index (χ0) is 11.3. The van der Waals surface area contributed by atoms with Crippen LogP contribution in [0.3, 0.4) is 0 Å². The van der Waals surface area contributed by atoms with Gasteiger partial charge in [0, 0.05) is 0 Å². The van der Waals surface area contributed by atoms with E-state index < -0.39 is 11.7 Å². The van der Waals surface area contributed by atoms with Crippen molar-refractivity contribution in [1.82, 2.24) is 5.32 Å². The standard InChI is InChI=1S/C12H16NO2/c1-12(2,3)15-11(14)13-9-10-7-5-4-6-8-10/h4-8H,9H2,1-3H3. The quantitative estimate of drug-likeness (QED) is 0.746. The molecule has 0 bridgehead atoms. The third-order valence-electron chi connectivity index (χ3n) is 1.63. The summed E-state index contributed by atoms with van der Waals surface area (Å²) in [7, 11) is 0. The van der Waals surface area contributed by atoms with Crippen LogP contribution in [0.15, 0.2) is 30.3 Å². The zero-order valence-electron chi connectivity index (χ0n) is 9.36. The number of carbonyl (C=O) groups excluding carboxylic acids is 1. The van der Waals surface area contributed by atoms with Crippen molar-refractivity contribution in [2.45, 2.75) is 32.9 Å². The Hall–Kier alpha value is -1.51. The number of hydrogen-bond donors (Lipinski definition) is 0. The second kappa shape index (κ2) is 4.82. The normalized spacial score (nSPS) is 10.9. The van der Waals surface area contributed by atoms with E-state index in [9.17, 15) is 4.79 Å². The van der Waals surface area contributed by atoms with Crippen LogP contribution in [0.25, 0.3) is 0 Å². The Morgan fingerprint density at radius 1 is 1.27 bits per heavy atom. The van der Waals surface area contributed by atoms with Gasteiger partial charge >= 0.3 is 6.09 Å². The Morgan fingerprint density at radius 3 is 2.40 bits per heavy atom. The van der Waals surface area contributed by atoms with Crippen molar-refractivity contribution in [2.24, 2.45) is 0 Å². The maximum absolute atomic E-state index is 11.2. The molecule has 0 heterocycles. The van der Waals surface area contributed by atoms with Gasteiger partial charge in [-0.1, -0.05) is 30.3 Å². The molecule has 81 valence electrons. The highest BCUT2D eigenvalue weighted by Crippen LogP contribution is 2.07. The summed E-state index contributed by atoms with van der Waals surface area (Å²) in [4.78, 5) is 11.2. The molecule has 1 aromatic carbocycles. The van der Waals surface area contributed by atoms with E-state index in [2.05, 4.69) is 5.32 Å². The summed E-state index contributed by atoms with van der Waals surface area (Å²) in [6.45, 7) is 5.84. The van der Waals surface area contributed by atoms with Gasteiger partial charge in [-0.3, -0.25) is 0 Å².